The molecule has 6 atom stereocenters. The highest BCUT2D eigenvalue weighted by atomic mass is 16.7. The van der Waals surface area contributed by atoms with Crippen LogP contribution in [0.3, 0.4) is 0 Å². The Morgan fingerprint density at radius 1 is 0.857 bits per heavy atom. The van der Waals surface area contributed by atoms with E-state index < -0.39 is 36.0 Å². The van der Waals surface area contributed by atoms with Gasteiger partial charge in [0.05, 0.1) is 6.61 Å². The Morgan fingerprint density at radius 3 is 1.96 bits per heavy atom. The fraction of sp³-hybridized carbons (Fsp3) is 0.455. The standard InChI is InChI=1S/C22H26O6/c1-15-26-14-18-19(27-15)21(24,12-16-8-4-2-5-9-16)22(25,20(23)28-18)13-17-10-6-3-7-11-17/h2-11,15,18-20,23-25H,12-14H2,1H3/t15?,18-,19-,20?,21+,22+/m1/s1. The zero-order chi connectivity index (χ0) is 19.8. The van der Waals surface area contributed by atoms with E-state index in [1.165, 1.54) is 0 Å². The molecule has 2 heterocycles. The van der Waals surface area contributed by atoms with Crippen LogP contribution in [0.25, 0.3) is 0 Å². The second-order valence-electron chi connectivity index (χ2n) is 7.66. The summed E-state index contributed by atoms with van der Waals surface area (Å²) in [4.78, 5) is 0. The first-order valence-electron chi connectivity index (χ1n) is 9.55. The summed E-state index contributed by atoms with van der Waals surface area (Å²) in [5, 5.41) is 34.3. The Labute approximate surface area is 164 Å². The molecule has 2 fully saturated rings. The van der Waals surface area contributed by atoms with Gasteiger partial charge in [0, 0.05) is 12.8 Å². The van der Waals surface area contributed by atoms with Crippen LogP contribution in [0, 0.1) is 0 Å². The van der Waals surface area contributed by atoms with E-state index in [-0.39, 0.29) is 19.4 Å². The van der Waals surface area contributed by atoms with Gasteiger partial charge < -0.3 is 29.5 Å². The van der Waals surface area contributed by atoms with Crippen LogP contribution < -0.4 is 0 Å². The van der Waals surface area contributed by atoms with E-state index in [4.69, 9.17) is 14.2 Å². The monoisotopic (exact) mass is 386 g/mol. The highest BCUT2D eigenvalue weighted by molar-refractivity contribution is 5.27. The quantitative estimate of drug-likeness (QED) is 0.737. The molecule has 0 radical (unpaired) electrons. The minimum absolute atomic E-state index is 0.0140. The van der Waals surface area contributed by atoms with Gasteiger partial charge in [-0.2, -0.15) is 0 Å². The molecule has 0 bridgehead atoms. The topological polar surface area (TPSA) is 88.4 Å². The largest absolute Gasteiger partial charge is 0.383 e. The van der Waals surface area contributed by atoms with Crippen LogP contribution in [0.1, 0.15) is 18.1 Å². The second-order valence-corrected chi connectivity index (χ2v) is 7.66. The first-order chi connectivity index (χ1) is 13.4. The van der Waals surface area contributed by atoms with Gasteiger partial charge in [-0.1, -0.05) is 60.7 Å². The molecule has 0 spiro atoms. The maximum absolute atomic E-state index is 11.9. The predicted octanol–water partition coefficient (Wildman–Crippen LogP) is 1.41. The van der Waals surface area contributed by atoms with E-state index in [1.807, 2.05) is 60.7 Å². The normalized spacial score (nSPS) is 38.0. The fourth-order valence-electron chi connectivity index (χ4n) is 4.23. The van der Waals surface area contributed by atoms with Crippen LogP contribution >= 0.6 is 0 Å². The Morgan fingerprint density at radius 2 is 1.39 bits per heavy atom. The summed E-state index contributed by atoms with van der Waals surface area (Å²) in [6.07, 6.45) is -3.57. The minimum Gasteiger partial charge on any atom is -0.383 e. The molecule has 6 heteroatoms. The van der Waals surface area contributed by atoms with E-state index >= 15 is 0 Å². The smallest absolute Gasteiger partial charge is 0.187 e. The van der Waals surface area contributed by atoms with Gasteiger partial charge in [-0.15, -0.1) is 0 Å². The molecule has 150 valence electrons. The van der Waals surface area contributed by atoms with Crippen LogP contribution in [0.15, 0.2) is 60.7 Å². The summed E-state index contributed by atoms with van der Waals surface area (Å²) in [5.41, 5.74) is -2.16. The molecule has 0 amide bonds. The molecule has 3 N–H and O–H groups in total. The third-order valence-corrected chi connectivity index (χ3v) is 5.74. The lowest BCUT2D eigenvalue weighted by Crippen LogP contribution is -2.77. The highest BCUT2D eigenvalue weighted by Gasteiger charge is 2.66. The number of benzene rings is 2. The molecule has 2 aromatic rings. The van der Waals surface area contributed by atoms with Crippen LogP contribution in [-0.4, -0.2) is 57.9 Å². The summed E-state index contributed by atoms with van der Waals surface area (Å²) >= 11 is 0. The van der Waals surface area contributed by atoms with E-state index in [9.17, 15) is 15.3 Å². The van der Waals surface area contributed by atoms with Crippen molar-refractivity contribution >= 4 is 0 Å². The summed E-state index contributed by atoms with van der Waals surface area (Å²) in [7, 11) is 0. The van der Waals surface area contributed by atoms with Crippen LogP contribution in [0.5, 0.6) is 0 Å². The molecule has 2 aliphatic rings. The van der Waals surface area contributed by atoms with Gasteiger partial charge in [0.15, 0.2) is 18.2 Å². The van der Waals surface area contributed by atoms with Crippen molar-refractivity contribution in [2.75, 3.05) is 6.61 Å². The van der Waals surface area contributed by atoms with Gasteiger partial charge in [0.1, 0.15) is 17.8 Å². The number of aliphatic hydroxyl groups is 3. The van der Waals surface area contributed by atoms with Crippen molar-refractivity contribution in [3.8, 4) is 0 Å². The fourth-order valence-corrected chi connectivity index (χ4v) is 4.23. The molecule has 2 unspecified atom stereocenters. The summed E-state index contributed by atoms with van der Waals surface area (Å²) in [6.45, 7) is 1.90. The van der Waals surface area contributed by atoms with Gasteiger partial charge in [-0.05, 0) is 18.1 Å². The van der Waals surface area contributed by atoms with Crippen molar-refractivity contribution in [1.82, 2.24) is 0 Å². The van der Waals surface area contributed by atoms with E-state index in [0.717, 1.165) is 11.1 Å². The molecule has 0 saturated carbocycles. The van der Waals surface area contributed by atoms with Crippen LogP contribution in [0.4, 0.5) is 0 Å². The maximum Gasteiger partial charge on any atom is 0.187 e. The summed E-state index contributed by atoms with van der Waals surface area (Å²) in [6, 6.07) is 18.6. The van der Waals surface area contributed by atoms with Crippen molar-refractivity contribution in [2.45, 2.75) is 55.8 Å². The molecule has 28 heavy (non-hydrogen) atoms. The Hall–Kier alpha value is -1.80. The van der Waals surface area contributed by atoms with Crippen molar-refractivity contribution in [3.05, 3.63) is 71.8 Å². The number of aliphatic hydroxyl groups excluding tert-OH is 1. The Balaban J connectivity index is 1.76. The molecular formula is C22H26O6. The van der Waals surface area contributed by atoms with Gasteiger partial charge in [-0.25, -0.2) is 0 Å². The van der Waals surface area contributed by atoms with Crippen molar-refractivity contribution in [1.29, 1.82) is 0 Å². The van der Waals surface area contributed by atoms with Gasteiger partial charge >= 0.3 is 0 Å². The molecule has 0 aliphatic carbocycles. The highest BCUT2D eigenvalue weighted by Crippen LogP contribution is 2.44. The lowest BCUT2D eigenvalue weighted by atomic mass is 9.68. The minimum atomic E-state index is -1.97. The zero-order valence-electron chi connectivity index (χ0n) is 15.8. The molecule has 0 aromatic heterocycles. The molecule has 2 aromatic carbocycles. The SMILES string of the molecule is CC1OC[C@H]2OC(O)[C@@](O)(Cc3ccccc3)[C@](O)(Cc3ccccc3)[C@@H]2O1. The number of rotatable bonds is 4. The van der Waals surface area contributed by atoms with Gasteiger partial charge in [0.2, 0.25) is 0 Å². The number of fused-ring (bicyclic) bond motifs is 1. The third kappa shape index (κ3) is 3.37. The lowest BCUT2D eigenvalue weighted by molar-refractivity contribution is -0.405. The number of hydrogen-bond donors (Lipinski definition) is 3. The zero-order valence-corrected chi connectivity index (χ0v) is 15.8. The summed E-state index contributed by atoms with van der Waals surface area (Å²) < 4.78 is 17.0. The Kier molecular flexibility index (Phi) is 5.26. The molecule has 4 rings (SSSR count). The van der Waals surface area contributed by atoms with E-state index in [1.54, 1.807) is 6.92 Å². The number of ether oxygens (including phenoxy) is 3. The van der Waals surface area contributed by atoms with Gasteiger partial charge in [0.25, 0.3) is 0 Å². The maximum atomic E-state index is 11.9. The third-order valence-electron chi connectivity index (χ3n) is 5.74. The second kappa shape index (κ2) is 7.55. The molecular weight excluding hydrogens is 360 g/mol. The van der Waals surface area contributed by atoms with Gasteiger partial charge in [-0.3, -0.25) is 0 Å². The number of hydrogen-bond acceptors (Lipinski definition) is 6. The van der Waals surface area contributed by atoms with E-state index in [2.05, 4.69) is 0 Å². The molecule has 6 nitrogen and oxygen atoms in total. The summed E-state index contributed by atoms with van der Waals surface area (Å²) in [5.74, 6) is 0. The van der Waals surface area contributed by atoms with Crippen molar-refractivity contribution in [3.63, 3.8) is 0 Å². The lowest BCUT2D eigenvalue weighted by Gasteiger charge is -2.57. The first kappa shape index (κ1) is 19.5. The average Bonchev–Trinajstić information content (AvgIpc) is 2.69. The van der Waals surface area contributed by atoms with Crippen molar-refractivity contribution in [2.24, 2.45) is 0 Å². The first-order valence-corrected chi connectivity index (χ1v) is 9.55. The van der Waals surface area contributed by atoms with E-state index in [0.29, 0.717) is 0 Å². The average molecular weight is 386 g/mol. The predicted molar refractivity (Wildman–Crippen MR) is 101 cm³/mol. The van der Waals surface area contributed by atoms with Crippen LogP contribution in [0.2, 0.25) is 0 Å². The Bertz CT molecular complexity index is 784. The molecule has 2 saturated heterocycles. The van der Waals surface area contributed by atoms with Crippen LogP contribution in [-0.2, 0) is 27.1 Å². The van der Waals surface area contributed by atoms with Crippen molar-refractivity contribution < 1.29 is 29.5 Å². The molecule has 2 aliphatic heterocycles.